The minimum Gasteiger partial charge on any atom is -0.478 e. The van der Waals surface area contributed by atoms with E-state index in [0.29, 0.717) is 22.6 Å². The number of hydrogen-bond donors (Lipinski definition) is 2. The van der Waals surface area contributed by atoms with Crippen molar-refractivity contribution in [1.29, 1.82) is 0 Å². The van der Waals surface area contributed by atoms with E-state index in [4.69, 9.17) is 9.84 Å². The number of rotatable bonds is 4. The third-order valence-corrected chi connectivity index (χ3v) is 6.89. The number of nitrogens with one attached hydrogen (secondary N) is 2. The fraction of sp³-hybridized carbons (Fsp3) is 0.296. The number of fused-ring (bicyclic) bond motifs is 2. The predicted molar refractivity (Wildman–Crippen MR) is 135 cm³/mol. The quantitative estimate of drug-likeness (QED) is 0.473. The van der Waals surface area contributed by atoms with Crippen LogP contribution in [0.15, 0.2) is 59.4 Å². The molecular weight excluding hydrogens is 442 g/mol. The number of aromatic amines is 1. The Bertz CT molecular complexity index is 1470. The zero-order valence-corrected chi connectivity index (χ0v) is 19.6. The van der Waals surface area contributed by atoms with E-state index in [1.165, 1.54) is 10.9 Å². The Morgan fingerprint density at radius 2 is 1.74 bits per heavy atom. The molecule has 1 amide bonds. The summed E-state index contributed by atoms with van der Waals surface area (Å²) in [4.78, 5) is 32.2. The van der Waals surface area contributed by atoms with Crippen LogP contribution in [0.4, 0.5) is 11.4 Å². The van der Waals surface area contributed by atoms with Crippen molar-refractivity contribution < 1.29 is 9.53 Å². The van der Waals surface area contributed by atoms with Crippen LogP contribution >= 0.6 is 0 Å². The zero-order chi connectivity index (χ0) is 23.9. The van der Waals surface area contributed by atoms with Crippen LogP contribution < -0.4 is 20.5 Å². The van der Waals surface area contributed by atoms with Crippen LogP contribution in [0.25, 0.3) is 16.9 Å². The normalized spacial score (nSPS) is 17.7. The Morgan fingerprint density at radius 3 is 2.54 bits per heavy atom. The Balaban J connectivity index is 1.45. The number of hydrogen-bond acceptors (Lipinski definition) is 5. The van der Waals surface area contributed by atoms with E-state index in [-0.39, 0.29) is 17.9 Å². The molecule has 178 valence electrons. The number of amides is 1. The molecule has 4 aromatic rings. The third-order valence-electron chi connectivity index (χ3n) is 6.89. The average Bonchev–Trinajstić information content (AvgIpc) is 3.27. The smallest absolute Gasteiger partial charge is 0.277 e. The summed E-state index contributed by atoms with van der Waals surface area (Å²) in [7, 11) is 0. The molecule has 1 unspecified atom stereocenters. The van der Waals surface area contributed by atoms with Crippen molar-refractivity contribution in [3.05, 3.63) is 76.2 Å². The van der Waals surface area contributed by atoms with Crippen molar-refractivity contribution in [2.24, 2.45) is 0 Å². The van der Waals surface area contributed by atoms with Crippen molar-refractivity contribution >= 4 is 22.9 Å². The van der Waals surface area contributed by atoms with Crippen molar-refractivity contribution in [2.45, 2.75) is 38.7 Å². The first-order valence-corrected chi connectivity index (χ1v) is 12.1. The highest BCUT2D eigenvalue weighted by atomic mass is 16.5. The maximum absolute atomic E-state index is 13.7. The van der Waals surface area contributed by atoms with E-state index in [1.54, 1.807) is 6.07 Å². The molecule has 35 heavy (non-hydrogen) atoms. The molecule has 8 heteroatoms. The fourth-order valence-corrected chi connectivity index (χ4v) is 5.07. The summed E-state index contributed by atoms with van der Waals surface area (Å²) < 4.78 is 7.42. The molecule has 2 aliphatic rings. The molecule has 4 heterocycles. The van der Waals surface area contributed by atoms with Crippen LogP contribution in [0.2, 0.25) is 0 Å². The van der Waals surface area contributed by atoms with Crippen LogP contribution in [-0.4, -0.2) is 39.7 Å². The molecule has 8 nitrogen and oxygen atoms in total. The van der Waals surface area contributed by atoms with Crippen molar-refractivity contribution in [1.82, 2.24) is 14.6 Å². The van der Waals surface area contributed by atoms with Crippen LogP contribution in [-0.2, 0) is 11.2 Å². The Labute approximate surface area is 202 Å². The molecule has 0 aliphatic carbocycles. The van der Waals surface area contributed by atoms with Crippen molar-refractivity contribution in [2.75, 3.05) is 23.3 Å². The van der Waals surface area contributed by atoms with Crippen LogP contribution in [0.3, 0.4) is 0 Å². The number of carbonyl (C=O) groups excluding carboxylic acids is 1. The number of para-hydroxylation sites is 2. The summed E-state index contributed by atoms with van der Waals surface area (Å²) in [5, 5.41) is 7.68. The second kappa shape index (κ2) is 8.61. The number of benzene rings is 2. The lowest BCUT2D eigenvalue weighted by atomic mass is 10.1. The van der Waals surface area contributed by atoms with E-state index >= 15 is 0 Å². The van der Waals surface area contributed by atoms with E-state index in [1.807, 2.05) is 55.5 Å². The average molecular weight is 470 g/mol. The SMILES string of the molecule is Cc1[nH]c2c(N3CCCCC3)c(-c3ccccc3)nn2c(=O)c1CC1Oc2ccccc2NC1=O. The highest BCUT2D eigenvalue weighted by Gasteiger charge is 2.31. The molecule has 0 spiro atoms. The van der Waals surface area contributed by atoms with Gasteiger partial charge in [-0.05, 0) is 38.3 Å². The topological polar surface area (TPSA) is 91.7 Å². The maximum Gasteiger partial charge on any atom is 0.277 e. The van der Waals surface area contributed by atoms with Gasteiger partial charge in [0.15, 0.2) is 11.8 Å². The molecule has 6 rings (SSSR count). The summed E-state index contributed by atoms with van der Waals surface area (Å²) in [6.45, 7) is 3.74. The number of ether oxygens (including phenoxy) is 1. The molecule has 1 fully saturated rings. The van der Waals surface area contributed by atoms with Gasteiger partial charge in [-0.1, -0.05) is 42.5 Å². The summed E-state index contributed by atoms with van der Waals surface area (Å²) in [5.74, 6) is 0.340. The van der Waals surface area contributed by atoms with E-state index in [0.717, 1.165) is 48.6 Å². The van der Waals surface area contributed by atoms with E-state index in [9.17, 15) is 9.59 Å². The first-order valence-electron chi connectivity index (χ1n) is 12.1. The zero-order valence-electron chi connectivity index (χ0n) is 19.6. The monoisotopic (exact) mass is 469 g/mol. The van der Waals surface area contributed by atoms with Gasteiger partial charge in [0.2, 0.25) is 0 Å². The van der Waals surface area contributed by atoms with Gasteiger partial charge in [-0.3, -0.25) is 9.59 Å². The second-order valence-corrected chi connectivity index (χ2v) is 9.20. The summed E-state index contributed by atoms with van der Waals surface area (Å²) in [6, 6.07) is 17.3. The van der Waals surface area contributed by atoms with Gasteiger partial charge in [0.25, 0.3) is 11.5 Å². The van der Waals surface area contributed by atoms with Gasteiger partial charge in [-0.25, -0.2) is 0 Å². The van der Waals surface area contributed by atoms with Crippen LogP contribution in [0.1, 0.15) is 30.5 Å². The summed E-state index contributed by atoms with van der Waals surface area (Å²) in [5.41, 5.74) is 5.03. The van der Waals surface area contributed by atoms with Crippen LogP contribution in [0, 0.1) is 6.92 Å². The molecule has 1 atom stereocenters. The molecule has 2 N–H and O–H groups in total. The Morgan fingerprint density at radius 1 is 1.00 bits per heavy atom. The molecular formula is C27H27N5O3. The van der Waals surface area contributed by atoms with Crippen molar-refractivity contribution in [3.63, 3.8) is 0 Å². The van der Waals surface area contributed by atoms with Gasteiger partial charge in [-0.2, -0.15) is 9.61 Å². The maximum atomic E-state index is 13.7. The number of anilines is 2. The molecule has 0 saturated carbocycles. The second-order valence-electron chi connectivity index (χ2n) is 9.20. The highest BCUT2D eigenvalue weighted by molar-refractivity contribution is 5.97. The number of carbonyl (C=O) groups is 1. The molecule has 0 radical (unpaired) electrons. The number of aromatic nitrogens is 3. The van der Waals surface area contributed by atoms with Gasteiger partial charge in [0.1, 0.15) is 17.1 Å². The minimum atomic E-state index is -0.798. The predicted octanol–water partition coefficient (Wildman–Crippen LogP) is 3.93. The van der Waals surface area contributed by atoms with Gasteiger partial charge in [0, 0.05) is 36.3 Å². The molecule has 2 aliphatic heterocycles. The molecule has 2 aromatic carbocycles. The van der Waals surface area contributed by atoms with Gasteiger partial charge in [-0.15, -0.1) is 0 Å². The lowest BCUT2D eigenvalue weighted by Crippen LogP contribution is -2.40. The minimum absolute atomic E-state index is 0.150. The van der Waals surface area contributed by atoms with Gasteiger partial charge in [0.05, 0.1) is 5.69 Å². The Kier molecular flexibility index (Phi) is 5.28. The summed E-state index contributed by atoms with van der Waals surface area (Å²) in [6.07, 6.45) is 2.79. The van der Waals surface area contributed by atoms with Crippen LogP contribution in [0.5, 0.6) is 5.75 Å². The summed E-state index contributed by atoms with van der Waals surface area (Å²) >= 11 is 0. The van der Waals surface area contributed by atoms with E-state index < -0.39 is 6.10 Å². The third kappa shape index (κ3) is 3.75. The first kappa shape index (κ1) is 21.5. The highest BCUT2D eigenvalue weighted by Crippen LogP contribution is 2.35. The lowest BCUT2D eigenvalue weighted by molar-refractivity contribution is -0.123. The molecule has 1 saturated heterocycles. The van der Waals surface area contributed by atoms with E-state index in [2.05, 4.69) is 15.2 Å². The number of H-pyrrole nitrogens is 1. The largest absolute Gasteiger partial charge is 0.478 e. The fourth-order valence-electron chi connectivity index (χ4n) is 5.07. The van der Waals surface area contributed by atoms with Crippen molar-refractivity contribution in [3.8, 4) is 17.0 Å². The number of aryl methyl sites for hydroxylation is 1. The molecule has 0 bridgehead atoms. The molecule has 2 aromatic heterocycles. The first-order chi connectivity index (χ1) is 17.1. The number of nitrogens with zero attached hydrogens (tertiary/aromatic N) is 3. The standard InChI is InChI=1S/C27H27N5O3/c1-17-19(16-22-26(33)29-20-12-6-7-13-21(20)35-22)27(34)32-25(28-17)24(31-14-8-3-9-15-31)23(30-32)18-10-4-2-5-11-18/h2,4-7,10-13,22,28H,3,8-9,14-16H2,1H3,(H,29,33). The number of piperidine rings is 1. The lowest BCUT2D eigenvalue weighted by Gasteiger charge is -2.28. The van der Waals surface area contributed by atoms with Gasteiger partial charge >= 0.3 is 0 Å². The Hall–Kier alpha value is -4.07. The van der Waals surface area contributed by atoms with Gasteiger partial charge < -0.3 is 19.9 Å².